The van der Waals surface area contributed by atoms with Gasteiger partial charge in [0.1, 0.15) is 6.10 Å². The van der Waals surface area contributed by atoms with Gasteiger partial charge in [0, 0.05) is 11.3 Å². The number of cyclic esters (lactones) is 1. The van der Waals surface area contributed by atoms with E-state index < -0.39 is 23.3 Å². The number of carbonyl (C=O) groups excluding carboxylic acids is 3. The third-order valence-corrected chi connectivity index (χ3v) is 4.73. The summed E-state index contributed by atoms with van der Waals surface area (Å²) in [6.07, 6.45) is -0.823. The van der Waals surface area contributed by atoms with E-state index in [1.807, 2.05) is 24.3 Å². The summed E-state index contributed by atoms with van der Waals surface area (Å²) in [4.78, 5) is 36.3. The lowest BCUT2D eigenvalue weighted by atomic mass is 10.2. The number of hydrogen-bond donors (Lipinski definition) is 1. The average Bonchev–Trinajstić information content (AvgIpc) is 2.77. The number of anilines is 1. The average molecular weight is 321 g/mol. The highest BCUT2D eigenvalue weighted by Crippen LogP contribution is 2.36. The highest BCUT2D eigenvalue weighted by atomic mass is 32.2. The molecule has 3 rings (SSSR count). The Kier molecular flexibility index (Phi) is 4.06. The Bertz CT molecular complexity index is 632. The van der Waals surface area contributed by atoms with Crippen LogP contribution in [0, 0.1) is 0 Å². The molecule has 3 atom stereocenters. The zero-order valence-corrected chi connectivity index (χ0v) is 12.7. The van der Waals surface area contributed by atoms with Gasteiger partial charge in [0.25, 0.3) is 0 Å². The van der Waals surface area contributed by atoms with Crippen molar-refractivity contribution in [3.05, 3.63) is 24.3 Å². The van der Waals surface area contributed by atoms with Crippen LogP contribution < -0.4 is 5.32 Å². The molecule has 1 amide bonds. The highest BCUT2D eigenvalue weighted by molar-refractivity contribution is 8.01. The van der Waals surface area contributed by atoms with Gasteiger partial charge in [-0.3, -0.25) is 9.59 Å². The van der Waals surface area contributed by atoms with Gasteiger partial charge in [0.05, 0.1) is 17.4 Å². The van der Waals surface area contributed by atoms with Crippen molar-refractivity contribution < 1.29 is 23.9 Å². The van der Waals surface area contributed by atoms with E-state index in [2.05, 4.69) is 5.32 Å². The standard InChI is InChI=1S/C15H15NO5S/c1-8-6-10(15(19)20-8)21-13(17)7-12-14(18)16-9-4-2-3-5-11(9)22-12/h2-5,8,10,12H,6-7H2,1H3,(H,16,18). The van der Waals surface area contributed by atoms with Crippen molar-refractivity contribution in [2.24, 2.45) is 0 Å². The Morgan fingerprint density at radius 2 is 2.18 bits per heavy atom. The van der Waals surface area contributed by atoms with Gasteiger partial charge in [-0.05, 0) is 19.1 Å². The van der Waals surface area contributed by atoms with E-state index in [4.69, 9.17) is 9.47 Å². The van der Waals surface area contributed by atoms with Gasteiger partial charge in [-0.1, -0.05) is 12.1 Å². The number of amides is 1. The molecule has 0 aromatic heterocycles. The number of esters is 2. The largest absolute Gasteiger partial charge is 0.460 e. The first-order valence-corrected chi connectivity index (χ1v) is 7.87. The quantitative estimate of drug-likeness (QED) is 0.854. The van der Waals surface area contributed by atoms with Gasteiger partial charge >= 0.3 is 11.9 Å². The van der Waals surface area contributed by atoms with Crippen molar-refractivity contribution in [1.29, 1.82) is 0 Å². The molecule has 2 aliphatic rings. The summed E-state index contributed by atoms with van der Waals surface area (Å²) in [7, 11) is 0. The number of nitrogens with one attached hydrogen (secondary N) is 1. The second-order valence-corrected chi connectivity index (χ2v) is 6.50. The Balaban J connectivity index is 1.60. The zero-order valence-electron chi connectivity index (χ0n) is 11.9. The molecule has 0 bridgehead atoms. The molecule has 2 aliphatic heterocycles. The first-order valence-electron chi connectivity index (χ1n) is 6.99. The number of thioether (sulfide) groups is 1. The van der Waals surface area contributed by atoms with Crippen LogP contribution in [0.4, 0.5) is 5.69 Å². The first kappa shape index (κ1) is 14.9. The molecular weight excluding hydrogens is 306 g/mol. The summed E-state index contributed by atoms with van der Waals surface area (Å²) < 4.78 is 10.1. The molecular formula is C15H15NO5S. The maximum absolute atomic E-state index is 12.0. The fourth-order valence-corrected chi connectivity index (χ4v) is 3.50. The maximum atomic E-state index is 12.0. The van der Waals surface area contributed by atoms with Gasteiger partial charge in [0.15, 0.2) is 0 Å². The summed E-state index contributed by atoms with van der Waals surface area (Å²) in [6, 6.07) is 7.40. The maximum Gasteiger partial charge on any atom is 0.347 e. The topological polar surface area (TPSA) is 81.7 Å². The summed E-state index contributed by atoms with van der Waals surface area (Å²) >= 11 is 1.32. The molecule has 1 N–H and O–H groups in total. The molecule has 3 unspecified atom stereocenters. The van der Waals surface area contributed by atoms with Crippen LogP contribution in [0.15, 0.2) is 29.2 Å². The third-order valence-electron chi connectivity index (χ3n) is 3.46. The zero-order chi connectivity index (χ0) is 15.7. The Morgan fingerprint density at radius 1 is 1.41 bits per heavy atom. The lowest BCUT2D eigenvalue weighted by molar-refractivity contribution is -0.161. The minimum atomic E-state index is -0.855. The number of rotatable bonds is 3. The fraction of sp³-hybridized carbons (Fsp3) is 0.400. The number of benzene rings is 1. The van der Waals surface area contributed by atoms with Crippen molar-refractivity contribution >= 4 is 35.3 Å². The fourth-order valence-electron chi connectivity index (χ4n) is 2.40. The van der Waals surface area contributed by atoms with Crippen LogP contribution >= 0.6 is 11.8 Å². The lowest BCUT2D eigenvalue weighted by Gasteiger charge is -2.23. The van der Waals surface area contributed by atoms with E-state index in [9.17, 15) is 14.4 Å². The second kappa shape index (κ2) is 6.00. The Labute approximate surface area is 131 Å². The summed E-state index contributed by atoms with van der Waals surface area (Å²) in [5.74, 6) is -1.32. The normalized spacial score (nSPS) is 26.9. The number of carbonyl (C=O) groups is 3. The molecule has 1 aromatic rings. The van der Waals surface area contributed by atoms with Crippen LogP contribution in [-0.2, 0) is 23.9 Å². The molecule has 7 heteroatoms. The predicted molar refractivity (Wildman–Crippen MR) is 79.4 cm³/mol. The van der Waals surface area contributed by atoms with E-state index in [-0.39, 0.29) is 18.4 Å². The molecule has 0 radical (unpaired) electrons. The number of fused-ring (bicyclic) bond motifs is 1. The SMILES string of the molecule is CC1CC(OC(=O)CC2Sc3ccccc3NC2=O)C(=O)O1. The van der Waals surface area contributed by atoms with E-state index in [0.717, 1.165) is 10.6 Å². The number of para-hydroxylation sites is 1. The third kappa shape index (κ3) is 3.09. The Morgan fingerprint density at radius 3 is 2.91 bits per heavy atom. The minimum Gasteiger partial charge on any atom is -0.460 e. The molecule has 1 saturated heterocycles. The van der Waals surface area contributed by atoms with Crippen LogP contribution in [0.3, 0.4) is 0 Å². The first-order chi connectivity index (χ1) is 10.5. The van der Waals surface area contributed by atoms with Crippen LogP contribution in [-0.4, -0.2) is 35.3 Å². The van der Waals surface area contributed by atoms with E-state index in [0.29, 0.717) is 6.42 Å². The lowest BCUT2D eigenvalue weighted by Crippen LogP contribution is -2.33. The van der Waals surface area contributed by atoms with E-state index >= 15 is 0 Å². The van der Waals surface area contributed by atoms with Gasteiger partial charge in [0.2, 0.25) is 12.0 Å². The molecule has 116 valence electrons. The molecule has 1 aromatic carbocycles. The smallest absolute Gasteiger partial charge is 0.347 e. The van der Waals surface area contributed by atoms with Crippen LogP contribution in [0.5, 0.6) is 0 Å². The molecule has 2 heterocycles. The number of ether oxygens (including phenoxy) is 2. The van der Waals surface area contributed by atoms with Crippen LogP contribution in [0.25, 0.3) is 0 Å². The van der Waals surface area contributed by atoms with Crippen molar-refractivity contribution in [2.45, 2.75) is 42.1 Å². The summed E-state index contributed by atoms with van der Waals surface area (Å²) in [5.41, 5.74) is 0.746. The Hall–Kier alpha value is -2.02. The predicted octanol–water partition coefficient (Wildman–Crippen LogP) is 1.74. The van der Waals surface area contributed by atoms with Crippen molar-refractivity contribution in [2.75, 3.05) is 5.32 Å². The second-order valence-electron chi connectivity index (χ2n) is 5.26. The van der Waals surface area contributed by atoms with Gasteiger partial charge in [-0.25, -0.2) is 4.79 Å². The number of hydrogen-bond acceptors (Lipinski definition) is 6. The molecule has 1 fully saturated rings. The van der Waals surface area contributed by atoms with Crippen molar-refractivity contribution in [1.82, 2.24) is 0 Å². The van der Waals surface area contributed by atoms with Gasteiger partial charge in [-0.15, -0.1) is 11.8 Å². The molecule has 22 heavy (non-hydrogen) atoms. The van der Waals surface area contributed by atoms with E-state index in [1.165, 1.54) is 11.8 Å². The summed E-state index contributed by atoms with van der Waals surface area (Å²) in [6.45, 7) is 1.74. The van der Waals surface area contributed by atoms with E-state index in [1.54, 1.807) is 6.92 Å². The van der Waals surface area contributed by atoms with Crippen molar-refractivity contribution in [3.8, 4) is 0 Å². The summed E-state index contributed by atoms with van der Waals surface area (Å²) in [5, 5.41) is 2.21. The molecule has 0 aliphatic carbocycles. The van der Waals surface area contributed by atoms with Crippen LogP contribution in [0.2, 0.25) is 0 Å². The highest BCUT2D eigenvalue weighted by Gasteiger charge is 2.36. The van der Waals surface area contributed by atoms with Crippen LogP contribution in [0.1, 0.15) is 19.8 Å². The monoisotopic (exact) mass is 321 g/mol. The molecule has 0 spiro atoms. The van der Waals surface area contributed by atoms with Gasteiger partial charge < -0.3 is 14.8 Å². The molecule has 0 saturated carbocycles. The van der Waals surface area contributed by atoms with Gasteiger partial charge in [-0.2, -0.15) is 0 Å². The minimum absolute atomic E-state index is 0.0804. The van der Waals surface area contributed by atoms with Crippen molar-refractivity contribution in [3.63, 3.8) is 0 Å². The molecule has 6 nitrogen and oxygen atoms in total.